The van der Waals surface area contributed by atoms with Crippen LogP contribution in [0.4, 0.5) is 11.4 Å². The monoisotopic (exact) mass is 344 g/mol. The Balaban J connectivity index is 1.61. The number of carbonyl (C=O) groups is 2. The van der Waals surface area contributed by atoms with Gasteiger partial charge in [-0.05, 0) is 30.9 Å². The second-order valence-electron chi connectivity index (χ2n) is 7.22. The summed E-state index contributed by atoms with van der Waals surface area (Å²) in [5.41, 5.74) is 2.23. The van der Waals surface area contributed by atoms with Crippen molar-refractivity contribution < 1.29 is 9.59 Å². The Morgan fingerprint density at radius 2 is 1.80 bits per heavy atom. The molecular formula is C19H28N4O2. The Morgan fingerprint density at radius 3 is 2.52 bits per heavy atom. The maximum Gasteiger partial charge on any atom is 0.241 e. The largest absolute Gasteiger partial charge is 0.373 e. The Morgan fingerprint density at radius 1 is 1.12 bits per heavy atom. The molecule has 2 heterocycles. The highest BCUT2D eigenvalue weighted by Crippen LogP contribution is 2.32. The molecule has 1 fully saturated rings. The topological polar surface area (TPSA) is 55.9 Å². The van der Waals surface area contributed by atoms with Gasteiger partial charge in [0, 0.05) is 33.2 Å². The number of amides is 2. The highest BCUT2D eigenvalue weighted by molar-refractivity contribution is 5.88. The molecule has 0 spiro atoms. The molecule has 0 bridgehead atoms. The number of likely N-dealkylation sites (tertiary alicyclic amines) is 1. The van der Waals surface area contributed by atoms with Crippen LogP contribution in [0.3, 0.4) is 0 Å². The molecule has 25 heavy (non-hydrogen) atoms. The van der Waals surface area contributed by atoms with E-state index in [0.717, 1.165) is 50.4 Å². The molecule has 0 aliphatic carbocycles. The highest BCUT2D eigenvalue weighted by atomic mass is 16.2. The molecule has 1 atom stereocenters. The van der Waals surface area contributed by atoms with Crippen molar-refractivity contribution in [2.45, 2.75) is 19.8 Å². The molecule has 1 unspecified atom stereocenters. The van der Waals surface area contributed by atoms with Gasteiger partial charge < -0.3 is 20.0 Å². The number of nitrogens with zero attached hydrogens (tertiary/aromatic N) is 3. The van der Waals surface area contributed by atoms with Crippen LogP contribution in [0.15, 0.2) is 24.3 Å². The van der Waals surface area contributed by atoms with Gasteiger partial charge in [-0.1, -0.05) is 19.1 Å². The van der Waals surface area contributed by atoms with Crippen molar-refractivity contribution in [3.63, 3.8) is 0 Å². The normalized spacial score (nSPS) is 20.2. The number of para-hydroxylation sites is 2. The van der Waals surface area contributed by atoms with Crippen molar-refractivity contribution in [2.75, 3.05) is 56.1 Å². The van der Waals surface area contributed by atoms with Gasteiger partial charge >= 0.3 is 0 Å². The summed E-state index contributed by atoms with van der Waals surface area (Å²) in [7, 11) is 2.09. The Labute approximate surface area is 149 Å². The lowest BCUT2D eigenvalue weighted by Gasteiger charge is -2.26. The van der Waals surface area contributed by atoms with Crippen LogP contribution in [0.5, 0.6) is 0 Å². The average molecular weight is 344 g/mol. The van der Waals surface area contributed by atoms with Crippen LogP contribution in [0.25, 0.3) is 0 Å². The maximum absolute atomic E-state index is 12.4. The van der Waals surface area contributed by atoms with Crippen LogP contribution in [-0.4, -0.2) is 63.0 Å². The van der Waals surface area contributed by atoms with E-state index in [2.05, 4.69) is 41.2 Å². The van der Waals surface area contributed by atoms with Crippen molar-refractivity contribution in [2.24, 2.45) is 5.92 Å². The van der Waals surface area contributed by atoms with Gasteiger partial charge in [0.15, 0.2) is 0 Å². The molecule has 1 aromatic rings. The van der Waals surface area contributed by atoms with Gasteiger partial charge in [-0.3, -0.25) is 9.59 Å². The molecular weight excluding hydrogens is 316 g/mol. The maximum atomic E-state index is 12.4. The molecule has 1 saturated heterocycles. The first-order valence-corrected chi connectivity index (χ1v) is 9.14. The summed E-state index contributed by atoms with van der Waals surface area (Å²) in [5.74, 6) is 0.380. The Bertz CT molecular complexity index is 628. The summed E-state index contributed by atoms with van der Waals surface area (Å²) in [5, 5.41) is 2.80. The third-order valence-electron chi connectivity index (χ3n) is 4.98. The molecule has 3 rings (SSSR count). The zero-order chi connectivity index (χ0) is 17.8. The van der Waals surface area contributed by atoms with Crippen LogP contribution in [0, 0.1) is 5.92 Å². The fourth-order valence-electron chi connectivity index (χ4n) is 3.78. The fraction of sp³-hybridized carbons (Fsp3) is 0.579. The first-order chi connectivity index (χ1) is 12.0. The molecule has 6 nitrogen and oxygen atoms in total. The summed E-state index contributed by atoms with van der Waals surface area (Å²) in [4.78, 5) is 30.7. The number of nitrogens with one attached hydrogen (secondary N) is 1. The lowest BCUT2D eigenvalue weighted by atomic mass is 10.1. The molecule has 2 amide bonds. The van der Waals surface area contributed by atoms with Crippen molar-refractivity contribution in [1.29, 1.82) is 0 Å². The second-order valence-corrected chi connectivity index (χ2v) is 7.22. The standard InChI is InChI=1S/C19H28N4O2/c1-15-12-21(2)16-7-3-4-8-17(16)23(13-15)14-18(24)20-11-19(25)22-9-5-6-10-22/h3-4,7-8,15H,5-6,9-14H2,1-2H3,(H,20,24). The number of hydrogen-bond donors (Lipinski definition) is 1. The van der Waals surface area contributed by atoms with Gasteiger partial charge in [-0.25, -0.2) is 0 Å². The van der Waals surface area contributed by atoms with E-state index in [1.165, 1.54) is 0 Å². The van der Waals surface area contributed by atoms with E-state index in [-0.39, 0.29) is 24.9 Å². The summed E-state index contributed by atoms with van der Waals surface area (Å²) < 4.78 is 0. The van der Waals surface area contributed by atoms with Crippen LogP contribution in [0.1, 0.15) is 19.8 Å². The number of rotatable bonds is 4. The first-order valence-electron chi connectivity index (χ1n) is 9.14. The van der Waals surface area contributed by atoms with Crippen LogP contribution >= 0.6 is 0 Å². The quantitative estimate of drug-likeness (QED) is 0.895. The van der Waals surface area contributed by atoms with E-state index >= 15 is 0 Å². The van der Waals surface area contributed by atoms with Crippen LogP contribution in [0.2, 0.25) is 0 Å². The average Bonchev–Trinajstić information content (AvgIpc) is 3.10. The van der Waals surface area contributed by atoms with E-state index in [4.69, 9.17) is 0 Å². The lowest BCUT2D eigenvalue weighted by Crippen LogP contribution is -2.43. The second kappa shape index (κ2) is 7.76. The minimum Gasteiger partial charge on any atom is -0.373 e. The van der Waals surface area contributed by atoms with Gasteiger partial charge in [-0.15, -0.1) is 0 Å². The zero-order valence-electron chi connectivity index (χ0n) is 15.2. The highest BCUT2D eigenvalue weighted by Gasteiger charge is 2.24. The number of anilines is 2. The van der Waals surface area contributed by atoms with Crippen LogP contribution < -0.4 is 15.1 Å². The summed E-state index contributed by atoms with van der Waals surface area (Å²) in [6, 6.07) is 8.18. The van der Waals surface area contributed by atoms with E-state index in [9.17, 15) is 9.59 Å². The Hall–Kier alpha value is -2.24. The number of carbonyl (C=O) groups excluding carboxylic acids is 2. The molecule has 1 N–H and O–H groups in total. The van der Waals surface area contributed by atoms with Gasteiger partial charge in [-0.2, -0.15) is 0 Å². The lowest BCUT2D eigenvalue weighted by molar-refractivity contribution is -0.131. The third kappa shape index (κ3) is 4.24. The summed E-state index contributed by atoms with van der Waals surface area (Å²) in [6.07, 6.45) is 2.13. The van der Waals surface area contributed by atoms with Crippen molar-refractivity contribution in [1.82, 2.24) is 10.2 Å². The fourth-order valence-corrected chi connectivity index (χ4v) is 3.78. The SMILES string of the molecule is CC1CN(C)c2ccccc2N(CC(=O)NCC(=O)N2CCCC2)C1. The van der Waals surface area contributed by atoms with E-state index in [1.54, 1.807) is 0 Å². The minimum atomic E-state index is -0.0981. The van der Waals surface area contributed by atoms with Gasteiger partial charge in [0.05, 0.1) is 24.5 Å². The van der Waals surface area contributed by atoms with Gasteiger partial charge in [0.2, 0.25) is 11.8 Å². The summed E-state index contributed by atoms with van der Waals surface area (Å²) >= 11 is 0. The molecule has 136 valence electrons. The molecule has 2 aliphatic heterocycles. The van der Waals surface area contributed by atoms with Gasteiger partial charge in [0.25, 0.3) is 0 Å². The predicted molar refractivity (Wildman–Crippen MR) is 99.9 cm³/mol. The molecule has 0 saturated carbocycles. The first kappa shape index (κ1) is 17.6. The van der Waals surface area contributed by atoms with Crippen molar-refractivity contribution >= 4 is 23.2 Å². The zero-order valence-corrected chi connectivity index (χ0v) is 15.2. The Kier molecular flexibility index (Phi) is 5.46. The van der Waals surface area contributed by atoms with E-state index in [0.29, 0.717) is 5.92 Å². The molecule has 0 radical (unpaired) electrons. The molecule has 2 aliphatic rings. The van der Waals surface area contributed by atoms with Crippen molar-refractivity contribution in [3.05, 3.63) is 24.3 Å². The molecule has 0 aromatic heterocycles. The third-order valence-corrected chi connectivity index (χ3v) is 4.98. The molecule has 6 heteroatoms. The smallest absolute Gasteiger partial charge is 0.241 e. The predicted octanol–water partition coefficient (Wildman–Crippen LogP) is 1.32. The number of hydrogen-bond acceptors (Lipinski definition) is 4. The van der Waals surface area contributed by atoms with E-state index in [1.807, 2.05) is 17.0 Å². The van der Waals surface area contributed by atoms with Crippen LogP contribution in [-0.2, 0) is 9.59 Å². The summed E-state index contributed by atoms with van der Waals surface area (Å²) in [6.45, 7) is 6.00. The minimum absolute atomic E-state index is 0.0233. The number of fused-ring (bicyclic) bond motifs is 1. The van der Waals surface area contributed by atoms with Crippen molar-refractivity contribution in [3.8, 4) is 0 Å². The van der Waals surface area contributed by atoms with Gasteiger partial charge in [0.1, 0.15) is 0 Å². The molecule has 1 aromatic carbocycles. The number of benzene rings is 1. The van der Waals surface area contributed by atoms with E-state index < -0.39 is 0 Å².